The molecule has 86 valence electrons. The largest absolute Gasteiger partial charge is 0.497 e. The van der Waals surface area contributed by atoms with Gasteiger partial charge in [0.2, 0.25) is 0 Å². The van der Waals surface area contributed by atoms with Crippen LogP contribution in [0.4, 0.5) is 0 Å². The second-order valence-electron chi connectivity index (χ2n) is 3.41. The molecule has 0 unspecified atom stereocenters. The van der Waals surface area contributed by atoms with Crippen LogP contribution in [0, 0.1) is 0 Å². The minimum Gasteiger partial charge on any atom is -0.497 e. The van der Waals surface area contributed by atoms with Crippen molar-refractivity contribution in [3.05, 3.63) is 40.9 Å². The summed E-state index contributed by atoms with van der Waals surface area (Å²) >= 11 is 3.23. The third kappa shape index (κ3) is 3.38. The predicted octanol–water partition coefficient (Wildman–Crippen LogP) is 2.68. The lowest BCUT2D eigenvalue weighted by Crippen LogP contribution is -2.27. The number of halogens is 1. The number of carbonyl (C=O) groups excluding carboxylic acids is 1. The van der Waals surface area contributed by atoms with Crippen molar-refractivity contribution in [2.24, 2.45) is 0 Å². The molecule has 0 aliphatic carbocycles. The van der Waals surface area contributed by atoms with E-state index in [1.807, 2.05) is 0 Å². The Kier molecular flexibility index (Phi) is 4.55. The molecule has 0 saturated heterocycles. The highest BCUT2D eigenvalue weighted by Gasteiger charge is 2.11. The van der Waals surface area contributed by atoms with Crippen molar-refractivity contribution in [2.45, 2.75) is 0 Å². The molecule has 0 heterocycles. The van der Waals surface area contributed by atoms with E-state index in [9.17, 15) is 4.79 Å². The van der Waals surface area contributed by atoms with Gasteiger partial charge >= 0.3 is 0 Å². The summed E-state index contributed by atoms with van der Waals surface area (Å²) in [7, 11) is 3.33. The molecule has 1 aromatic rings. The lowest BCUT2D eigenvalue weighted by Gasteiger charge is -2.16. The van der Waals surface area contributed by atoms with E-state index < -0.39 is 0 Å². The average Bonchev–Trinajstić information content (AvgIpc) is 2.27. The Morgan fingerprint density at radius 3 is 2.44 bits per heavy atom. The predicted molar refractivity (Wildman–Crippen MR) is 68.0 cm³/mol. The van der Waals surface area contributed by atoms with Gasteiger partial charge in [0, 0.05) is 17.1 Å². The monoisotopic (exact) mass is 283 g/mol. The van der Waals surface area contributed by atoms with Crippen LogP contribution in [0.5, 0.6) is 5.75 Å². The summed E-state index contributed by atoms with van der Waals surface area (Å²) in [6, 6.07) is 7.03. The molecule has 1 aromatic carbocycles. The first kappa shape index (κ1) is 12.8. The molecule has 0 radical (unpaired) electrons. The number of benzene rings is 1. The molecule has 0 aromatic heterocycles. The summed E-state index contributed by atoms with van der Waals surface area (Å²) in [4.78, 5) is 13.5. The van der Waals surface area contributed by atoms with E-state index in [1.165, 1.54) is 0 Å². The van der Waals surface area contributed by atoms with Crippen LogP contribution < -0.4 is 4.74 Å². The molecular formula is C12H14BrNO2. The number of ether oxygens (including phenoxy) is 1. The Balaban J connectivity index is 2.75. The number of nitrogens with zero attached hydrogens (tertiary/aromatic N) is 1. The van der Waals surface area contributed by atoms with E-state index >= 15 is 0 Å². The van der Waals surface area contributed by atoms with Crippen molar-refractivity contribution in [1.82, 2.24) is 4.90 Å². The molecular weight excluding hydrogens is 270 g/mol. The molecule has 0 N–H and O–H groups in total. The first-order valence-electron chi connectivity index (χ1n) is 4.77. The van der Waals surface area contributed by atoms with E-state index in [0.29, 0.717) is 12.1 Å². The van der Waals surface area contributed by atoms with Crippen molar-refractivity contribution >= 4 is 21.8 Å². The molecule has 16 heavy (non-hydrogen) atoms. The summed E-state index contributed by atoms with van der Waals surface area (Å²) in [5, 5.41) is 0. The van der Waals surface area contributed by atoms with Crippen molar-refractivity contribution in [3.63, 3.8) is 0 Å². The molecule has 0 fully saturated rings. The fraction of sp³-hybridized carbons (Fsp3) is 0.250. The fourth-order valence-electron chi connectivity index (χ4n) is 1.28. The van der Waals surface area contributed by atoms with Crippen LogP contribution in [0.2, 0.25) is 0 Å². The number of carbonyl (C=O) groups is 1. The molecule has 0 atom stereocenters. The Hall–Kier alpha value is -1.29. The molecule has 0 aliphatic heterocycles. The van der Waals surface area contributed by atoms with Crippen LogP contribution in [0.25, 0.3) is 0 Å². The van der Waals surface area contributed by atoms with Crippen LogP contribution in [0.3, 0.4) is 0 Å². The van der Waals surface area contributed by atoms with E-state index in [4.69, 9.17) is 4.74 Å². The molecule has 1 amide bonds. The zero-order valence-electron chi connectivity index (χ0n) is 9.37. The minimum atomic E-state index is -0.0387. The third-order valence-electron chi connectivity index (χ3n) is 2.09. The average molecular weight is 284 g/mol. The summed E-state index contributed by atoms with van der Waals surface area (Å²) in [5.41, 5.74) is 0.636. The topological polar surface area (TPSA) is 29.5 Å². The summed E-state index contributed by atoms with van der Waals surface area (Å²) in [6.07, 6.45) is 0. The van der Waals surface area contributed by atoms with E-state index in [1.54, 1.807) is 43.3 Å². The van der Waals surface area contributed by atoms with Gasteiger partial charge in [0.15, 0.2) is 0 Å². The van der Waals surface area contributed by atoms with Crippen molar-refractivity contribution < 1.29 is 9.53 Å². The Bertz CT molecular complexity index is 387. The Morgan fingerprint density at radius 2 is 2.00 bits per heavy atom. The molecule has 0 bridgehead atoms. The first-order valence-corrected chi connectivity index (χ1v) is 5.56. The van der Waals surface area contributed by atoms with Crippen LogP contribution >= 0.6 is 15.9 Å². The number of likely N-dealkylation sites (N-methyl/N-ethyl adjacent to an activating group) is 1. The zero-order chi connectivity index (χ0) is 12.1. The van der Waals surface area contributed by atoms with Gasteiger partial charge in [0.1, 0.15) is 5.75 Å². The maximum atomic E-state index is 11.9. The van der Waals surface area contributed by atoms with Gasteiger partial charge in [0.05, 0.1) is 13.7 Å². The van der Waals surface area contributed by atoms with Crippen LogP contribution in [-0.4, -0.2) is 31.5 Å². The number of hydrogen-bond acceptors (Lipinski definition) is 2. The molecule has 4 heteroatoms. The highest BCUT2D eigenvalue weighted by atomic mass is 79.9. The minimum absolute atomic E-state index is 0.0387. The van der Waals surface area contributed by atoms with Crippen LogP contribution in [0.1, 0.15) is 10.4 Å². The van der Waals surface area contributed by atoms with Crippen LogP contribution in [-0.2, 0) is 0 Å². The Labute approximate surface area is 104 Å². The fourth-order valence-corrected chi connectivity index (χ4v) is 1.66. The number of rotatable bonds is 4. The first-order chi connectivity index (χ1) is 7.54. The van der Waals surface area contributed by atoms with Gasteiger partial charge in [-0.15, -0.1) is 0 Å². The van der Waals surface area contributed by atoms with Crippen LogP contribution in [0.15, 0.2) is 35.3 Å². The standard InChI is InChI=1S/C12H14BrNO2/c1-9(13)8-14(2)12(15)10-4-6-11(16-3)7-5-10/h4-7H,1,8H2,2-3H3. The maximum Gasteiger partial charge on any atom is 0.253 e. The second-order valence-corrected chi connectivity index (χ2v) is 4.53. The smallest absolute Gasteiger partial charge is 0.253 e. The lowest BCUT2D eigenvalue weighted by atomic mass is 10.2. The zero-order valence-corrected chi connectivity index (χ0v) is 11.0. The van der Waals surface area contributed by atoms with Crippen molar-refractivity contribution in [3.8, 4) is 5.75 Å². The van der Waals surface area contributed by atoms with Crippen molar-refractivity contribution in [1.29, 1.82) is 0 Å². The number of amides is 1. The van der Waals surface area contributed by atoms with Crippen molar-refractivity contribution in [2.75, 3.05) is 20.7 Å². The lowest BCUT2D eigenvalue weighted by molar-refractivity contribution is 0.0809. The molecule has 0 spiro atoms. The summed E-state index contributed by atoms with van der Waals surface area (Å²) in [6.45, 7) is 4.19. The maximum absolute atomic E-state index is 11.9. The Morgan fingerprint density at radius 1 is 1.44 bits per heavy atom. The van der Waals surface area contributed by atoms with E-state index in [-0.39, 0.29) is 5.91 Å². The normalized spacial score (nSPS) is 9.69. The second kappa shape index (κ2) is 5.70. The summed E-state index contributed by atoms with van der Waals surface area (Å²) in [5.74, 6) is 0.701. The van der Waals surface area contributed by atoms with Gasteiger partial charge in [-0.1, -0.05) is 22.5 Å². The molecule has 0 aliphatic rings. The third-order valence-corrected chi connectivity index (χ3v) is 2.34. The molecule has 0 saturated carbocycles. The number of methoxy groups -OCH3 is 1. The van der Waals surface area contributed by atoms with E-state index in [2.05, 4.69) is 22.5 Å². The summed E-state index contributed by atoms with van der Waals surface area (Å²) < 4.78 is 5.80. The van der Waals surface area contributed by atoms with Gasteiger partial charge in [-0.3, -0.25) is 4.79 Å². The number of hydrogen-bond donors (Lipinski definition) is 0. The van der Waals surface area contributed by atoms with Gasteiger partial charge in [0.25, 0.3) is 5.91 Å². The SMILES string of the molecule is C=C(Br)CN(C)C(=O)c1ccc(OC)cc1. The quantitative estimate of drug-likeness (QED) is 0.850. The van der Waals surface area contributed by atoms with Gasteiger partial charge in [-0.2, -0.15) is 0 Å². The van der Waals surface area contributed by atoms with E-state index in [0.717, 1.165) is 10.2 Å². The van der Waals surface area contributed by atoms with Gasteiger partial charge < -0.3 is 9.64 Å². The van der Waals surface area contributed by atoms with Gasteiger partial charge in [-0.05, 0) is 24.3 Å². The molecule has 1 rings (SSSR count). The highest BCUT2D eigenvalue weighted by molar-refractivity contribution is 9.11. The van der Waals surface area contributed by atoms with Gasteiger partial charge in [-0.25, -0.2) is 0 Å². The molecule has 3 nitrogen and oxygen atoms in total. The highest BCUT2D eigenvalue weighted by Crippen LogP contribution is 2.13.